The summed E-state index contributed by atoms with van der Waals surface area (Å²) in [6.45, 7) is -0.656. The first-order valence-corrected chi connectivity index (χ1v) is 8.12. The zero-order chi connectivity index (χ0) is 19.9. The van der Waals surface area contributed by atoms with Gasteiger partial charge in [0.1, 0.15) is 28.7 Å². The summed E-state index contributed by atoms with van der Waals surface area (Å²) in [4.78, 5) is 28.1. The number of ether oxygens (including phenoxy) is 2. The third-order valence-electron chi connectivity index (χ3n) is 3.51. The number of pyridine rings is 1. The molecule has 0 saturated carbocycles. The van der Waals surface area contributed by atoms with Crippen LogP contribution in [-0.4, -0.2) is 23.5 Å². The molecule has 2 aromatic carbocycles. The van der Waals surface area contributed by atoms with E-state index in [4.69, 9.17) is 9.47 Å². The molecule has 1 aromatic heterocycles. The van der Waals surface area contributed by atoms with E-state index in [9.17, 15) is 18.4 Å². The first kappa shape index (κ1) is 19.0. The van der Waals surface area contributed by atoms with Crippen LogP contribution in [0.15, 0.2) is 67.0 Å². The van der Waals surface area contributed by atoms with Crippen molar-refractivity contribution in [2.24, 2.45) is 0 Å². The molecule has 0 aliphatic carbocycles. The second-order valence-corrected chi connectivity index (χ2v) is 5.54. The van der Waals surface area contributed by atoms with Gasteiger partial charge >= 0.3 is 5.97 Å². The number of amides is 1. The smallest absolute Gasteiger partial charge is 0.342 e. The van der Waals surface area contributed by atoms with Gasteiger partial charge in [-0.3, -0.25) is 9.78 Å². The Labute approximate surface area is 158 Å². The molecule has 28 heavy (non-hydrogen) atoms. The molecule has 0 aliphatic heterocycles. The molecule has 0 saturated heterocycles. The number of anilines is 1. The largest absolute Gasteiger partial charge is 0.455 e. The predicted octanol–water partition coefficient (Wildman–Crippen LogP) is 3.95. The predicted molar refractivity (Wildman–Crippen MR) is 96.0 cm³/mol. The van der Waals surface area contributed by atoms with Crippen molar-refractivity contribution in [3.63, 3.8) is 0 Å². The normalized spacial score (nSPS) is 10.2. The van der Waals surface area contributed by atoms with E-state index in [0.717, 1.165) is 12.1 Å². The summed E-state index contributed by atoms with van der Waals surface area (Å²) in [5.74, 6) is -2.63. The lowest BCUT2D eigenvalue weighted by molar-refractivity contribution is -0.119. The summed E-state index contributed by atoms with van der Waals surface area (Å²) in [7, 11) is 0. The minimum Gasteiger partial charge on any atom is -0.455 e. The molecule has 0 fully saturated rings. The molecule has 1 amide bonds. The number of halogens is 2. The van der Waals surface area contributed by atoms with Crippen molar-refractivity contribution in [2.75, 3.05) is 11.9 Å². The average molecular weight is 384 g/mol. The Balaban J connectivity index is 1.62. The molecule has 3 rings (SSSR count). The summed E-state index contributed by atoms with van der Waals surface area (Å²) in [5, 5.41) is 2.20. The molecular formula is C20H14F2N2O4. The van der Waals surface area contributed by atoms with Gasteiger partial charge in [0.05, 0.1) is 11.9 Å². The van der Waals surface area contributed by atoms with Crippen LogP contribution < -0.4 is 10.1 Å². The molecule has 1 N–H and O–H groups in total. The Morgan fingerprint density at radius 3 is 2.61 bits per heavy atom. The van der Waals surface area contributed by atoms with Crippen molar-refractivity contribution in [3.05, 3.63) is 84.2 Å². The number of para-hydroxylation sites is 1. The Bertz CT molecular complexity index is 997. The van der Waals surface area contributed by atoms with E-state index in [-0.39, 0.29) is 17.0 Å². The summed E-state index contributed by atoms with van der Waals surface area (Å²) in [6, 6.07) is 12.4. The monoisotopic (exact) mass is 384 g/mol. The lowest BCUT2D eigenvalue weighted by atomic mass is 10.2. The van der Waals surface area contributed by atoms with Crippen LogP contribution in [0, 0.1) is 11.6 Å². The zero-order valence-electron chi connectivity index (χ0n) is 14.4. The van der Waals surface area contributed by atoms with Crippen LogP contribution in [0.25, 0.3) is 0 Å². The highest BCUT2D eigenvalue weighted by atomic mass is 19.1. The first-order valence-electron chi connectivity index (χ1n) is 8.12. The summed E-state index contributed by atoms with van der Waals surface area (Å²) < 4.78 is 37.0. The highest BCUT2D eigenvalue weighted by molar-refractivity contribution is 5.96. The summed E-state index contributed by atoms with van der Waals surface area (Å²) in [6.07, 6.45) is 3.06. The Kier molecular flexibility index (Phi) is 5.91. The van der Waals surface area contributed by atoms with Crippen LogP contribution in [0.5, 0.6) is 11.5 Å². The van der Waals surface area contributed by atoms with Gasteiger partial charge in [0.2, 0.25) is 0 Å². The molecule has 0 bridgehead atoms. The maximum atomic E-state index is 13.6. The fourth-order valence-corrected chi connectivity index (χ4v) is 2.24. The highest BCUT2D eigenvalue weighted by Crippen LogP contribution is 2.25. The van der Waals surface area contributed by atoms with Crippen LogP contribution in [0.1, 0.15) is 10.4 Å². The fraction of sp³-hybridized carbons (Fsp3) is 0.0500. The number of esters is 1. The summed E-state index contributed by atoms with van der Waals surface area (Å²) in [5.41, 5.74) is -0.116. The number of aromatic nitrogens is 1. The molecule has 142 valence electrons. The van der Waals surface area contributed by atoms with Crippen LogP contribution in [-0.2, 0) is 9.53 Å². The zero-order valence-corrected chi connectivity index (χ0v) is 14.4. The van der Waals surface area contributed by atoms with Crippen LogP contribution in [0.4, 0.5) is 14.5 Å². The topological polar surface area (TPSA) is 77.5 Å². The second kappa shape index (κ2) is 8.72. The molecule has 0 radical (unpaired) electrons. The van der Waals surface area contributed by atoms with Crippen LogP contribution in [0.3, 0.4) is 0 Å². The van der Waals surface area contributed by atoms with Crippen LogP contribution in [0.2, 0.25) is 0 Å². The third kappa shape index (κ3) is 4.88. The number of hydrogen-bond donors (Lipinski definition) is 1. The van der Waals surface area contributed by atoms with E-state index in [0.29, 0.717) is 11.8 Å². The Morgan fingerprint density at radius 1 is 1.04 bits per heavy atom. The van der Waals surface area contributed by atoms with Crippen molar-refractivity contribution in [1.29, 1.82) is 0 Å². The van der Waals surface area contributed by atoms with Gasteiger partial charge in [-0.15, -0.1) is 0 Å². The van der Waals surface area contributed by atoms with Crippen molar-refractivity contribution in [1.82, 2.24) is 4.98 Å². The lowest BCUT2D eigenvalue weighted by Crippen LogP contribution is -2.21. The SMILES string of the molecule is O=C(COC(=O)c1ccccc1Oc1cccnc1)Nc1ccc(F)cc1F. The van der Waals surface area contributed by atoms with E-state index in [1.807, 2.05) is 0 Å². The van der Waals surface area contributed by atoms with Gasteiger partial charge in [0.15, 0.2) is 6.61 Å². The number of carbonyl (C=O) groups is 2. The molecule has 8 heteroatoms. The quantitative estimate of drug-likeness (QED) is 0.651. The number of nitrogens with zero attached hydrogens (tertiary/aromatic N) is 1. The van der Waals surface area contributed by atoms with Crippen molar-refractivity contribution in [3.8, 4) is 11.5 Å². The number of hydrogen-bond acceptors (Lipinski definition) is 5. The van der Waals surface area contributed by atoms with Crippen molar-refractivity contribution >= 4 is 17.6 Å². The number of nitrogens with one attached hydrogen (secondary N) is 1. The standard InChI is InChI=1S/C20H14F2N2O4/c21-13-7-8-17(16(22)10-13)24-19(25)12-27-20(26)15-5-1-2-6-18(15)28-14-4-3-9-23-11-14/h1-11H,12H2,(H,24,25). The lowest BCUT2D eigenvalue weighted by Gasteiger charge is -2.11. The van der Waals surface area contributed by atoms with Crippen LogP contribution >= 0.6 is 0 Å². The Hall–Kier alpha value is -3.81. The highest BCUT2D eigenvalue weighted by Gasteiger charge is 2.16. The van der Waals surface area contributed by atoms with Gasteiger partial charge in [0.25, 0.3) is 5.91 Å². The second-order valence-electron chi connectivity index (χ2n) is 5.54. The van der Waals surface area contributed by atoms with E-state index in [1.54, 1.807) is 36.5 Å². The number of benzene rings is 2. The molecule has 0 atom stereocenters. The first-order chi connectivity index (χ1) is 13.5. The molecule has 6 nitrogen and oxygen atoms in total. The molecular weight excluding hydrogens is 370 g/mol. The van der Waals surface area contributed by atoms with E-state index < -0.39 is 30.1 Å². The van der Waals surface area contributed by atoms with E-state index in [2.05, 4.69) is 10.3 Å². The Morgan fingerprint density at radius 2 is 1.86 bits per heavy atom. The minimum absolute atomic E-state index is 0.104. The van der Waals surface area contributed by atoms with Gasteiger partial charge in [-0.05, 0) is 36.4 Å². The molecule has 0 aliphatic rings. The maximum absolute atomic E-state index is 13.6. The molecule has 0 spiro atoms. The van der Waals surface area contributed by atoms with E-state index >= 15 is 0 Å². The van der Waals surface area contributed by atoms with Gasteiger partial charge in [-0.1, -0.05) is 12.1 Å². The minimum atomic E-state index is -0.935. The van der Waals surface area contributed by atoms with Gasteiger partial charge < -0.3 is 14.8 Å². The molecule has 0 unspecified atom stereocenters. The van der Waals surface area contributed by atoms with E-state index in [1.165, 1.54) is 12.3 Å². The van der Waals surface area contributed by atoms with Gasteiger partial charge in [-0.2, -0.15) is 0 Å². The molecule has 1 heterocycles. The molecule has 3 aromatic rings. The van der Waals surface area contributed by atoms with Crippen molar-refractivity contribution in [2.45, 2.75) is 0 Å². The third-order valence-corrected chi connectivity index (χ3v) is 3.51. The van der Waals surface area contributed by atoms with Crippen molar-refractivity contribution < 1.29 is 27.8 Å². The van der Waals surface area contributed by atoms with Gasteiger partial charge in [-0.25, -0.2) is 13.6 Å². The van der Waals surface area contributed by atoms with Gasteiger partial charge in [0, 0.05) is 12.3 Å². The summed E-state index contributed by atoms with van der Waals surface area (Å²) >= 11 is 0. The average Bonchev–Trinajstić information content (AvgIpc) is 2.69. The number of carbonyl (C=O) groups excluding carboxylic acids is 2. The fourth-order valence-electron chi connectivity index (χ4n) is 2.24. The number of rotatable bonds is 6. The maximum Gasteiger partial charge on any atom is 0.342 e.